The third kappa shape index (κ3) is 3.25. The topological polar surface area (TPSA) is 21.3 Å². The Morgan fingerprint density at radius 3 is 2.45 bits per heavy atom. The van der Waals surface area contributed by atoms with Crippen LogP contribution in [0, 0.1) is 5.82 Å². The highest BCUT2D eigenvalue weighted by Crippen LogP contribution is 2.30. The zero-order valence-corrected chi connectivity index (χ0v) is 12.6. The molecule has 2 rings (SSSR count). The van der Waals surface area contributed by atoms with Gasteiger partial charge in [-0.3, -0.25) is 0 Å². The van der Waals surface area contributed by atoms with Crippen LogP contribution < -0.4 is 10.1 Å². The van der Waals surface area contributed by atoms with Gasteiger partial charge in [0.2, 0.25) is 0 Å². The van der Waals surface area contributed by atoms with Crippen LogP contribution in [0.5, 0.6) is 5.75 Å². The minimum atomic E-state index is -0.259. The summed E-state index contributed by atoms with van der Waals surface area (Å²) in [7, 11) is 1.55. The number of anilines is 1. The molecule has 0 aliphatic heterocycles. The van der Waals surface area contributed by atoms with Crippen LogP contribution in [-0.4, -0.2) is 13.4 Å². The van der Waals surface area contributed by atoms with Gasteiger partial charge in [0.25, 0.3) is 0 Å². The first-order valence-corrected chi connectivity index (χ1v) is 7.61. The minimum Gasteiger partial charge on any atom is -0.496 e. The van der Waals surface area contributed by atoms with Gasteiger partial charge in [0.15, 0.2) is 0 Å². The Kier molecular flexibility index (Phi) is 4.90. The predicted octanol–water partition coefficient (Wildman–Crippen LogP) is 4.73. The summed E-state index contributed by atoms with van der Waals surface area (Å²) in [6.45, 7) is 1.92. The Morgan fingerprint density at radius 1 is 1.15 bits per heavy atom. The van der Waals surface area contributed by atoms with Crippen molar-refractivity contribution in [3.05, 3.63) is 53.8 Å². The summed E-state index contributed by atoms with van der Waals surface area (Å²) in [4.78, 5) is 1.20. The minimum absolute atomic E-state index is 0.175. The Morgan fingerprint density at radius 2 is 1.85 bits per heavy atom. The number of hydrogen-bond acceptors (Lipinski definition) is 3. The zero-order chi connectivity index (χ0) is 14.5. The van der Waals surface area contributed by atoms with Crippen LogP contribution in [0.4, 0.5) is 10.1 Å². The van der Waals surface area contributed by atoms with Gasteiger partial charge in [-0.15, -0.1) is 11.8 Å². The summed E-state index contributed by atoms with van der Waals surface area (Å²) >= 11 is 1.69. The second-order valence-electron chi connectivity index (χ2n) is 4.45. The summed E-state index contributed by atoms with van der Waals surface area (Å²) in [5, 5.41) is 3.30. The molecular weight excluding hydrogens is 273 g/mol. The van der Waals surface area contributed by atoms with Gasteiger partial charge < -0.3 is 10.1 Å². The molecule has 2 aromatic rings. The van der Waals surface area contributed by atoms with Gasteiger partial charge in [-0.05, 0) is 49.6 Å². The molecule has 0 aliphatic rings. The highest BCUT2D eigenvalue weighted by Gasteiger charge is 2.16. The molecule has 2 aromatic carbocycles. The lowest BCUT2D eigenvalue weighted by molar-refractivity contribution is 0.402. The molecular formula is C16H18FNOS. The molecule has 4 heteroatoms. The molecule has 0 amide bonds. The third-order valence-corrected chi connectivity index (χ3v) is 3.88. The summed E-state index contributed by atoms with van der Waals surface area (Å²) in [5.74, 6) is 0.302. The number of benzene rings is 2. The highest BCUT2D eigenvalue weighted by molar-refractivity contribution is 7.98. The van der Waals surface area contributed by atoms with E-state index in [1.54, 1.807) is 31.0 Å². The number of halogens is 1. The molecule has 0 saturated carbocycles. The van der Waals surface area contributed by atoms with E-state index in [1.165, 1.54) is 11.0 Å². The molecule has 2 nitrogen and oxygen atoms in total. The van der Waals surface area contributed by atoms with Gasteiger partial charge in [0, 0.05) is 10.6 Å². The van der Waals surface area contributed by atoms with Crippen LogP contribution in [0.2, 0.25) is 0 Å². The molecule has 0 radical (unpaired) electrons. The molecule has 0 saturated heterocycles. The van der Waals surface area contributed by atoms with E-state index in [-0.39, 0.29) is 11.9 Å². The van der Waals surface area contributed by atoms with Gasteiger partial charge in [0.1, 0.15) is 11.6 Å². The SMILES string of the molecule is COc1cccc(F)c1C(C)Nc1ccc(SC)cc1. The number of thioether (sulfide) groups is 1. The van der Waals surface area contributed by atoms with Crippen molar-refractivity contribution in [2.75, 3.05) is 18.7 Å². The van der Waals surface area contributed by atoms with E-state index in [1.807, 2.05) is 37.4 Å². The second kappa shape index (κ2) is 6.66. The maximum absolute atomic E-state index is 14.0. The first kappa shape index (κ1) is 14.7. The standard InChI is InChI=1S/C16H18FNOS/c1-11(16-14(17)5-4-6-15(16)19-2)18-12-7-9-13(20-3)10-8-12/h4-11,18H,1-3H3. The van der Waals surface area contributed by atoms with E-state index in [0.29, 0.717) is 11.3 Å². The second-order valence-corrected chi connectivity index (χ2v) is 5.33. The lowest BCUT2D eigenvalue weighted by Gasteiger charge is -2.19. The molecule has 0 heterocycles. The highest BCUT2D eigenvalue weighted by atomic mass is 32.2. The van der Waals surface area contributed by atoms with Crippen molar-refractivity contribution in [1.82, 2.24) is 0 Å². The van der Waals surface area contributed by atoms with Crippen LogP contribution in [0.25, 0.3) is 0 Å². The summed E-state index contributed by atoms with van der Waals surface area (Å²) < 4.78 is 19.2. The van der Waals surface area contributed by atoms with Gasteiger partial charge in [-0.25, -0.2) is 4.39 Å². The van der Waals surface area contributed by atoms with E-state index < -0.39 is 0 Å². The average molecular weight is 291 g/mol. The van der Waals surface area contributed by atoms with Crippen molar-refractivity contribution < 1.29 is 9.13 Å². The van der Waals surface area contributed by atoms with Gasteiger partial charge >= 0.3 is 0 Å². The molecule has 106 valence electrons. The first-order chi connectivity index (χ1) is 9.65. The van der Waals surface area contributed by atoms with E-state index in [9.17, 15) is 4.39 Å². The van der Waals surface area contributed by atoms with E-state index in [2.05, 4.69) is 5.32 Å². The van der Waals surface area contributed by atoms with E-state index in [4.69, 9.17) is 4.74 Å². The molecule has 0 bridgehead atoms. The molecule has 0 spiro atoms. The van der Waals surface area contributed by atoms with E-state index >= 15 is 0 Å². The summed E-state index contributed by atoms with van der Waals surface area (Å²) in [5.41, 5.74) is 1.50. The fraction of sp³-hybridized carbons (Fsp3) is 0.250. The first-order valence-electron chi connectivity index (χ1n) is 6.38. The number of rotatable bonds is 5. The number of nitrogens with one attached hydrogen (secondary N) is 1. The molecule has 1 atom stereocenters. The maximum Gasteiger partial charge on any atom is 0.132 e. The van der Waals surface area contributed by atoms with Crippen molar-refractivity contribution in [2.45, 2.75) is 17.9 Å². The molecule has 0 fully saturated rings. The Hall–Kier alpha value is -1.68. The van der Waals surface area contributed by atoms with Crippen molar-refractivity contribution in [1.29, 1.82) is 0 Å². The fourth-order valence-electron chi connectivity index (χ4n) is 2.12. The van der Waals surface area contributed by atoms with Gasteiger partial charge in [0.05, 0.1) is 18.7 Å². The van der Waals surface area contributed by atoms with Crippen LogP contribution in [0.3, 0.4) is 0 Å². The van der Waals surface area contributed by atoms with Crippen molar-refractivity contribution in [3.8, 4) is 5.75 Å². The molecule has 1 unspecified atom stereocenters. The smallest absolute Gasteiger partial charge is 0.132 e. The molecule has 0 aliphatic carbocycles. The summed E-state index contributed by atoms with van der Waals surface area (Å²) in [6.07, 6.45) is 2.04. The molecule has 1 N–H and O–H groups in total. The van der Waals surface area contributed by atoms with Crippen LogP contribution in [0.15, 0.2) is 47.4 Å². The van der Waals surface area contributed by atoms with Crippen molar-refractivity contribution in [3.63, 3.8) is 0 Å². The predicted molar refractivity (Wildman–Crippen MR) is 83.2 cm³/mol. The Labute approximate surface area is 123 Å². The molecule has 0 aromatic heterocycles. The number of hydrogen-bond donors (Lipinski definition) is 1. The monoisotopic (exact) mass is 291 g/mol. The normalized spacial score (nSPS) is 12.0. The third-order valence-electron chi connectivity index (χ3n) is 3.14. The van der Waals surface area contributed by atoms with Gasteiger partial charge in [-0.1, -0.05) is 6.07 Å². The largest absolute Gasteiger partial charge is 0.496 e. The zero-order valence-electron chi connectivity index (χ0n) is 11.8. The van der Waals surface area contributed by atoms with Crippen molar-refractivity contribution in [2.24, 2.45) is 0 Å². The number of ether oxygens (including phenoxy) is 1. The van der Waals surface area contributed by atoms with Crippen molar-refractivity contribution >= 4 is 17.4 Å². The average Bonchev–Trinajstić information content (AvgIpc) is 2.47. The van der Waals surface area contributed by atoms with E-state index in [0.717, 1.165) is 5.69 Å². The number of methoxy groups -OCH3 is 1. The maximum atomic E-state index is 14.0. The fourth-order valence-corrected chi connectivity index (χ4v) is 2.53. The van der Waals surface area contributed by atoms with Gasteiger partial charge in [-0.2, -0.15) is 0 Å². The lowest BCUT2D eigenvalue weighted by atomic mass is 10.1. The Balaban J connectivity index is 2.21. The van der Waals surface area contributed by atoms with Crippen LogP contribution in [-0.2, 0) is 0 Å². The summed E-state index contributed by atoms with van der Waals surface area (Å²) in [6, 6.07) is 12.8. The van der Waals surface area contributed by atoms with Crippen LogP contribution in [0.1, 0.15) is 18.5 Å². The molecule has 20 heavy (non-hydrogen) atoms. The lowest BCUT2D eigenvalue weighted by Crippen LogP contribution is -2.10. The van der Waals surface area contributed by atoms with Crippen LogP contribution >= 0.6 is 11.8 Å². The quantitative estimate of drug-likeness (QED) is 0.805. The Bertz CT molecular complexity index is 571.